The minimum Gasteiger partial charge on any atom is -0.348 e. The van der Waals surface area contributed by atoms with Gasteiger partial charge in [-0.1, -0.05) is 41.4 Å². The Hall–Kier alpha value is -1.82. The molecule has 20 heavy (non-hydrogen) atoms. The van der Waals surface area contributed by atoms with Crippen LogP contribution in [0, 0.1) is 0 Å². The summed E-state index contributed by atoms with van der Waals surface area (Å²) in [5, 5.41) is 3.63. The van der Waals surface area contributed by atoms with Crippen LogP contribution in [0.2, 0.25) is 10.0 Å². The Morgan fingerprint density at radius 3 is 2.65 bits per heavy atom. The van der Waals surface area contributed by atoms with Crippen molar-refractivity contribution >= 4 is 34.9 Å². The fourth-order valence-electron chi connectivity index (χ4n) is 1.59. The summed E-state index contributed by atoms with van der Waals surface area (Å²) >= 11 is 11.9. The highest BCUT2D eigenvalue weighted by atomic mass is 35.5. The minimum absolute atomic E-state index is 0.276. The molecule has 0 spiro atoms. The van der Waals surface area contributed by atoms with Gasteiger partial charge in [0.1, 0.15) is 0 Å². The van der Waals surface area contributed by atoms with Crippen LogP contribution < -0.4 is 16.6 Å². The minimum atomic E-state index is -0.289. The van der Waals surface area contributed by atoms with Gasteiger partial charge in [0.15, 0.2) is 5.82 Å². The maximum Gasteiger partial charge on any atom is 0.253 e. The number of nitrogen functional groups attached to an aromatic ring is 1. The summed E-state index contributed by atoms with van der Waals surface area (Å²) < 4.78 is 0. The number of pyridine rings is 1. The summed E-state index contributed by atoms with van der Waals surface area (Å²) in [6.45, 7) is 0.326. The van der Waals surface area contributed by atoms with Gasteiger partial charge >= 0.3 is 0 Å². The molecule has 0 unspecified atom stereocenters. The van der Waals surface area contributed by atoms with E-state index in [0.717, 1.165) is 5.56 Å². The molecule has 1 amide bonds. The second-order valence-corrected chi connectivity index (χ2v) is 4.79. The molecule has 1 heterocycles. The molecular weight excluding hydrogens is 299 g/mol. The van der Waals surface area contributed by atoms with E-state index in [0.29, 0.717) is 22.9 Å². The predicted octanol–water partition coefficient (Wildman–Crippen LogP) is 2.60. The first-order valence-electron chi connectivity index (χ1n) is 5.75. The van der Waals surface area contributed by atoms with Gasteiger partial charge in [-0.25, -0.2) is 10.8 Å². The number of nitrogens with zero attached hydrogens (tertiary/aromatic N) is 1. The number of carbonyl (C=O) groups excluding carboxylic acids is 1. The first kappa shape index (κ1) is 14.6. The molecule has 0 saturated heterocycles. The van der Waals surface area contributed by atoms with Crippen molar-refractivity contribution in [3.05, 3.63) is 57.7 Å². The van der Waals surface area contributed by atoms with Crippen molar-refractivity contribution in [3.63, 3.8) is 0 Å². The number of benzene rings is 1. The van der Waals surface area contributed by atoms with E-state index in [2.05, 4.69) is 15.7 Å². The first-order chi connectivity index (χ1) is 9.61. The molecule has 2 rings (SSSR count). The van der Waals surface area contributed by atoms with Gasteiger partial charge in [0.25, 0.3) is 5.91 Å². The van der Waals surface area contributed by atoms with Crippen molar-refractivity contribution in [2.24, 2.45) is 5.84 Å². The molecule has 0 radical (unpaired) electrons. The van der Waals surface area contributed by atoms with Crippen molar-refractivity contribution in [1.82, 2.24) is 10.3 Å². The Morgan fingerprint density at radius 2 is 2.00 bits per heavy atom. The number of amides is 1. The van der Waals surface area contributed by atoms with E-state index in [-0.39, 0.29) is 10.9 Å². The molecular formula is C13H12Cl2N4O. The smallest absolute Gasteiger partial charge is 0.253 e. The SMILES string of the molecule is NNc1ncc(C(=O)NCc2ccccc2Cl)cc1Cl. The highest BCUT2D eigenvalue weighted by Gasteiger charge is 2.10. The molecule has 0 aliphatic rings. The third-order valence-electron chi connectivity index (χ3n) is 2.64. The molecule has 0 aliphatic heterocycles. The second-order valence-electron chi connectivity index (χ2n) is 3.97. The number of aromatic nitrogens is 1. The van der Waals surface area contributed by atoms with Crippen molar-refractivity contribution in [2.75, 3.05) is 5.43 Å². The Kier molecular flexibility index (Phi) is 4.79. The van der Waals surface area contributed by atoms with E-state index in [4.69, 9.17) is 29.0 Å². The van der Waals surface area contributed by atoms with Crippen LogP contribution in [0.5, 0.6) is 0 Å². The van der Waals surface area contributed by atoms with Gasteiger partial charge in [0.2, 0.25) is 0 Å². The number of halogens is 2. The van der Waals surface area contributed by atoms with Crippen molar-refractivity contribution in [2.45, 2.75) is 6.54 Å². The van der Waals surface area contributed by atoms with Crippen LogP contribution in [0.25, 0.3) is 0 Å². The Labute approximate surface area is 126 Å². The Balaban J connectivity index is 2.05. The lowest BCUT2D eigenvalue weighted by Crippen LogP contribution is -2.23. The molecule has 5 nitrogen and oxygen atoms in total. The van der Waals surface area contributed by atoms with Crippen LogP contribution in [-0.2, 0) is 6.54 Å². The van der Waals surface area contributed by atoms with Crippen LogP contribution >= 0.6 is 23.2 Å². The van der Waals surface area contributed by atoms with Crippen LogP contribution in [0.3, 0.4) is 0 Å². The average molecular weight is 311 g/mol. The molecule has 7 heteroatoms. The summed E-state index contributed by atoms with van der Waals surface area (Å²) in [7, 11) is 0. The lowest BCUT2D eigenvalue weighted by molar-refractivity contribution is 0.0950. The van der Waals surface area contributed by atoms with Gasteiger partial charge < -0.3 is 10.7 Å². The fraction of sp³-hybridized carbons (Fsp3) is 0.0769. The van der Waals surface area contributed by atoms with Gasteiger partial charge in [-0.15, -0.1) is 0 Å². The number of hydrogen-bond acceptors (Lipinski definition) is 4. The zero-order valence-corrected chi connectivity index (χ0v) is 11.9. The molecule has 4 N–H and O–H groups in total. The number of nitrogens with two attached hydrogens (primary N) is 1. The fourth-order valence-corrected chi connectivity index (χ4v) is 2.01. The lowest BCUT2D eigenvalue weighted by Gasteiger charge is -2.08. The highest BCUT2D eigenvalue weighted by Crippen LogP contribution is 2.19. The normalized spacial score (nSPS) is 10.2. The summed E-state index contributed by atoms with van der Waals surface area (Å²) in [4.78, 5) is 15.9. The molecule has 1 aromatic carbocycles. The monoisotopic (exact) mass is 310 g/mol. The zero-order chi connectivity index (χ0) is 14.5. The van der Waals surface area contributed by atoms with Gasteiger partial charge in [0.05, 0.1) is 10.6 Å². The van der Waals surface area contributed by atoms with Crippen LogP contribution in [0.1, 0.15) is 15.9 Å². The van der Waals surface area contributed by atoms with Crippen molar-refractivity contribution in [3.8, 4) is 0 Å². The largest absolute Gasteiger partial charge is 0.348 e. The summed E-state index contributed by atoms with van der Waals surface area (Å²) in [5.74, 6) is 5.24. The molecule has 0 bridgehead atoms. The van der Waals surface area contributed by atoms with Gasteiger partial charge in [0, 0.05) is 17.8 Å². The average Bonchev–Trinajstić information content (AvgIpc) is 2.46. The quantitative estimate of drug-likeness (QED) is 0.599. The van der Waals surface area contributed by atoms with Gasteiger partial charge in [-0.3, -0.25) is 4.79 Å². The van der Waals surface area contributed by atoms with Gasteiger partial charge in [-0.05, 0) is 17.7 Å². The molecule has 0 aliphatic carbocycles. The Morgan fingerprint density at radius 1 is 1.25 bits per heavy atom. The maximum absolute atomic E-state index is 12.0. The predicted molar refractivity (Wildman–Crippen MR) is 79.7 cm³/mol. The lowest BCUT2D eigenvalue weighted by atomic mass is 10.2. The first-order valence-corrected chi connectivity index (χ1v) is 6.51. The number of rotatable bonds is 4. The third kappa shape index (κ3) is 3.39. The number of hydrazine groups is 1. The molecule has 2 aromatic rings. The summed E-state index contributed by atoms with van der Waals surface area (Å²) in [6, 6.07) is 8.79. The third-order valence-corrected chi connectivity index (χ3v) is 3.29. The van der Waals surface area contributed by atoms with E-state index >= 15 is 0 Å². The number of hydrogen-bond donors (Lipinski definition) is 3. The molecule has 0 atom stereocenters. The zero-order valence-electron chi connectivity index (χ0n) is 10.4. The Bertz CT molecular complexity index is 634. The second kappa shape index (κ2) is 6.56. The molecule has 0 fully saturated rings. The van der Waals surface area contributed by atoms with E-state index < -0.39 is 0 Å². The standard InChI is InChI=1S/C13H12Cl2N4O/c14-10-4-2-1-3-8(10)6-18-13(20)9-5-11(15)12(19-16)17-7-9/h1-5,7H,6,16H2,(H,17,19)(H,18,20). The highest BCUT2D eigenvalue weighted by molar-refractivity contribution is 6.33. The number of carbonyl (C=O) groups is 1. The number of anilines is 1. The van der Waals surface area contributed by atoms with Crippen LogP contribution in [0.4, 0.5) is 5.82 Å². The van der Waals surface area contributed by atoms with Crippen molar-refractivity contribution in [1.29, 1.82) is 0 Å². The van der Waals surface area contributed by atoms with E-state index in [1.165, 1.54) is 12.3 Å². The molecule has 0 saturated carbocycles. The van der Waals surface area contributed by atoms with Crippen LogP contribution in [0.15, 0.2) is 36.5 Å². The van der Waals surface area contributed by atoms with E-state index in [9.17, 15) is 4.79 Å². The van der Waals surface area contributed by atoms with E-state index in [1.807, 2.05) is 18.2 Å². The van der Waals surface area contributed by atoms with E-state index in [1.54, 1.807) is 6.07 Å². The molecule has 1 aromatic heterocycles. The van der Waals surface area contributed by atoms with Gasteiger partial charge in [-0.2, -0.15) is 0 Å². The summed E-state index contributed by atoms with van der Waals surface area (Å²) in [5.41, 5.74) is 3.52. The topological polar surface area (TPSA) is 80.0 Å². The molecule has 104 valence electrons. The number of nitrogens with one attached hydrogen (secondary N) is 2. The van der Waals surface area contributed by atoms with Crippen molar-refractivity contribution < 1.29 is 4.79 Å². The maximum atomic E-state index is 12.0. The summed E-state index contributed by atoms with van der Waals surface area (Å²) in [6.07, 6.45) is 1.39. The van der Waals surface area contributed by atoms with Crippen LogP contribution in [-0.4, -0.2) is 10.9 Å².